The second-order valence-corrected chi connectivity index (χ2v) is 4.13. The third kappa shape index (κ3) is 3.00. The lowest BCUT2D eigenvalue weighted by Crippen LogP contribution is -2.00. The van der Waals surface area contributed by atoms with E-state index in [-0.39, 0.29) is 12.2 Å². The molecule has 0 radical (unpaired) electrons. The van der Waals surface area contributed by atoms with Gasteiger partial charge in [-0.15, -0.1) is 0 Å². The average Bonchev–Trinajstić information content (AvgIpc) is 2.33. The van der Waals surface area contributed by atoms with Crippen LogP contribution in [0.1, 0.15) is 5.56 Å². The third-order valence-corrected chi connectivity index (χ3v) is 2.60. The smallest absolute Gasteiger partial charge is 0.165 e. The number of aromatic nitrogens is 1. The molecule has 0 atom stereocenters. The molecule has 0 aliphatic heterocycles. The Balaban J connectivity index is 2.07. The van der Waals surface area contributed by atoms with Gasteiger partial charge in [0, 0.05) is 5.56 Å². The fourth-order valence-electron chi connectivity index (χ4n) is 1.27. The van der Waals surface area contributed by atoms with Gasteiger partial charge in [-0.25, -0.2) is 13.8 Å². The Morgan fingerprint density at radius 1 is 1.18 bits per heavy atom. The molecule has 0 unspecified atom stereocenters. The van der Waals surface area contributed by atoms with E-state index in [0.29, 0.717) is 10.4 Å². The van der Waals surface area contributed by atoms with Crippen LogP contribution in [-0.4, -0.2) is 4.98 Å². The fraction of sp³-hybridized carbons (Fsp3) is 0.0833. The van der Waals surface area contributed by atoms with Crippen LogP contribution in [0.5, 0.6) is 5.75 Å². The Labute approximate surface area is 105 Å². The largest absolute Gasteiger partial charge is 0.487 e. The second-order valence-electron chi connectivity index (χ2n) is 3.32. The van der Waals surface area contributed by atoms with Crippen molar-refractivity contribution in [3.8, 4) is 5.75 Å². The van der Waals surface area contributed by atoms with Crippen molar-refractivity contribution in [2.45, 2.75) is 6.61 Å². The van der Waals surface area contributed by atoms with Gasteiger partial charge in [-0.3, -0.25) is 0 Å². The van der Waals surface area contributed by atoms with Crippen molar-refractivity contribution in [3.63, 3.8) is 0 Å². The zero-order valence-corrected chi connectivity index (χ0v) is 10.2. The summed E-state index contributed by atoms with van der Waals surface area (Å²) >= 11 is 3.19. The molecule has 1 aromatic carbocycles. The van der Waals surface area contributed by atoms with Crippen LogP contribution in [0.3, 0.4) is 0 Å². The van der Waals surface area contributed by atoms with Crippen LogP contribution in [0.15, 0.2) is 41.1 Å². The molecule has 0 saturated carbocycles. The van der Waals surface area contributed by atoms with Gasteiger partial charge in [0.2, 0.25) is 0 Å². The third-order valence-electron chi connectivity index (χ3n) is 2.13. The summed E-state index contributed by atoms with van der Waals surface area (Å²) in [5.74, 6) is -1.26. The van der Waals surface area contributed by atoms with E-state index >= 15 is 0 Å². The predicted molar refractivity (Wildman–Crippen MR) is 62.6 cm³/mol. The van der Waals surface area contributed by atoms with Gasteiger partial charge in [-0.2, -0.15) is 0 Å². The average molecular weight is 300 g/mol. The van der Waals surface area contributed by atoms with Crippen LogP contribution in [0.2, 0.25) is 0 Å². The van der Waals surface area contributed by atoms with Gasteiger partial charge in [0.15, 0.2) is 11.6 Å². The number of hydrogen-bond donors (Lipinski definition) is 0. The number of pyridine rings is 1. The van der Waals surface area contributed by atoms with E-state index in [0.717, 1.165) is 6.07 Å². The highest BCUT2D eigenvalue weighted by Crippen LogP contribution is 2.16. The summed E-state index contributed by atoms with van der Waals surface area (Å²) in [6.07, 6.45) is 1.50. The molecule has 0 amide bonds. The molecule has 0 N–H and O–H groups in total. The van der Waals surface area contributed by atoms with Crippen LogP contribution < -0.4 is 4.74 Å². The molecule has 1 aromatic heterocycles. The standard InChI is InChI=1S/C12H8BrF2NO/c13-11-5-4-9(6-16-11)17-7-8-2-1-3-10(14)12(8)15/h1-6H,7H2. The molecule has 2 aromatic rings. The lowest BCUT2D eigenvalue weighted by Gasteiger charge is -2.07. The molecular formula is C12H8BrF2NO. The van der Waals surface area contributed by atoms with Gasteiger partial charge in [-0.1, -0.05) is 12.1 Å². The van der Waals surface area contributed by atoms with E-state index in [1.54, 1.807) is 12.1 Å². The number of benzene rings is 1. The molecular weight excluding hydrogens is 292 g/mol. The molecule has 0 saturated heterocycles. The van der Waals surface area contributed by atoms with Crippen molar-refractivity contribution in [2.75, 3.05) is 0 Å². The maximum Gasteiger partial charge on any atom is 0.165 e. The predicted octanol–water partition coefficient (Wildman–Crippen LogP) is 3.70. The number of rotatable bonds is 3. The van der Waals surface area contributed by atoms with Crippen molar-refractivity contribution < 1.29 is 13.5 Å². The summed E-state index contributed by atoms with van der Waals surface area (Å²) in [5.41, 5.74) is 0.174. The fourth-order valence-corrected chi connectivity index (χ4v) is 1.50. The summed E-state index contributed by atoms with van der Waals surface area (Å²) in [7, 11) is 0. The van der Waals surface area contributed by atoms with E-state index in [4.69, 9.17) is 4.74 Å². The minimum atomic E-state index is -0.877. The Morgan fingerprint density at radius 2 is 2.00 bits per heavy atom. The maximum absolute atomic E-state index is 13.3. The normalized spacial score (nSPS) is 10.3. The maximum atomic E-state index is 13.3. The quantitative estimate of drug-likeness (QED) is 0.806. The summed E-state index contributed by atoms with van der Waals surface area (Å²) in [6.45, 7) is -0.0348. The van der Waals surface area contributed by atoms with Gasteiger partial charge >= 0.3 is 0 Å². The van der Waals surface area contributed by atoms with Crippen LogP contribution in [0, 0.1) is 11.6 Å². The first-order valence-electron chi connectivity index (χ1n) is 4.84. The molecule has 2 rings (SSSR count). The molecule has 17 heavy (non-hydrogen) atoms. The zero-order valence-electron chi connectivity index (χ0n) is 8.66. The summed E-state index contributed by atoms with van der Waals surface area (Å²) in [5, 5.41) is 0. The Kier molecular flexibility index (Phi) is 3.68. The van der Waals surface area contributed by atoms with Crippen LogP contribution in [0.25, 0.3) is 0 Å². The van der Waals surface area contributed by atoms with E-state index in [2.05, 4.69) is 20.9 Å². The molecule has 0 spiro atoms. The van der Waals surface area contributed by atoms with E-state index < -0.39 is 11.6 Å². The van der Waals surface area contributed by atoms with Crippen molar-refractivity contribution >= 4 is 15.9 Å². The number of halogens is 3. The summed E-state index contributed by atoms with van der Waals surface area (Å²) in [6, 6.07) is 7.38. The summed E-state index contributed by atoms with van der Waals surface area (Å²) in [4.78, 5) is 3.96. The van der Waals surface area contributed by atoms with Gasteiger partial charge in [0.1, 0.15) is 17.0 Å². The molecule has 0 bridgehead atoms. The molecule has 88 valence electrons. The van der Waals surface area contributed by atoms with Crippen LogP contribution in [-0.2, 0) is 6.61 Å². The number of ether oxygens (including phenoxy) is 1. The molecule has 2 nitrogen and oxygen atoms in total. The first-order chi connectivity index (χ1) is 8.16. The molecule has 1 heterocycles. The highest BCUT2D eigenvalue weighted by atomic mass is 79.9. The zero-order chi connectivity index (χ0) is 12.3. The van der Waals surface area contributed by atoms with Crippen LogP contribution in [0.4, 0.5) is 8.78 Å². The van der Waals surface area contributed by atoms with Gasteiger partial charge in [0.25, 0.3) is 0 Å². The lowest BCUT2D eigenvalue weighted by atomic mass is 10.2. The van der Waals surface area contributed by atoms with Crippen LogP contribution >= 0.6 is 15.9 Å². The van der Waals surface area contributed by atoms with Crippen molar-refractivity contribution in [2.24, 2.45) is 0 Å². The SMILES string of the molecule is Fc1cccc(COc2ccc(Br)nc2)c1F. The first-order valence-corrected chi connectivity index (χ1v) is 5.63. The van der Waals surface area contributed by atoms with Crippen molar-refractivity contribution in [1.29, 1.82) is 0 Å². The van der Waals surface area contributed by atoms with Crippen molar-refractivity contribution in [1.82, 2.24) is 4.98 Å². The van der Waals surface area contributed by atoms with E-state index in [1.165, 1.54) is 18.3 Å². The monoisotopic (exact) mass is 299 g/mol. The Morgan fingerprint density at radius 3 is 2.71 bits per heavy atom. The first kappa shape index (κ1) is 12.0. The van der Waals surface area contributed by atoms with E-state index in [9.17, 15) is 8.78 Å². The highest BCUT2D eigenvalue weighted by molar-refractivity contribution is 9.10. The number of nitrogens with zero attached hydrogens (tertiary/aromatic N) is 1. The molecule has 0 fully saturated rings. The van der Waals surface area contributed by atoms with E-state index in [1.807, 2.05) is 0 Å². The topological polar surface area (TPSA) is 22.1 Å². The van der Waals surface area contributed by atoms with Gasteiger partial charge in [-0.05, 0) is 34.1 Å². The minimum Gasteiger partial charge on any atom is -0.487 e. The highest BCUT2D eigenvalue weighted by Gasteiger charge is 2.07. The Bertz CT molecular complexity index is 516. The second kappa shape index (κ2) is 5.23. The summed E-state index contributed by atoms with van der Waals surface area (Å²) < 4.78 is 32.2. The van der Waals surface area contributed by atoms with Crippen molar-refractivity contribution in [3.05, 3.63) is 58.3 Å². The lowest BCUT2D eigenvalue weighted by molar-refractivity contribution is 0.296. The number of hydrogen-bond acceptors (Lipinski definition) is 2. The van der Waals surface area contributed by atoms with Gasteiger partial charge in [0.05, 0.1) is 6.20 Å². The minimum absolute atomic E-state index is 0.0348. The molecule has 0 aliphatic rings. The Hall–Kier alpha value is -1.49. The molecule has 0 aliphatic carbocycles. The molecule has 5 heteroatoms. The van der Waals surface area contributed by atoms with Gasteiger partial charge < -0.3 is 4.74 Å².